The second kappa shape index (κ2) is 6.46. The Labute approximate surface area is 105 Å². The zero-order valence-corrected chi connectivity index (χ0v) is 10.6. The lowest BCUT2D eigenvalue weighted by Crippen LogP contribution is -2.34. The van der Waals surface area contributed by atoms with E-state index in [-0.39, 0.29) is 10.8 Å². The van der Waals surface area contributed by atoms with Crippen molar-refractivity contribution >= 4 is 23.0 Å². The molecule has 0 saturated heterocycles. The van der Waals surface area contributed by atoms with Crippen LogP contribution >= 0.6 is 12.2 Å². The van der Waals surface area contributed by atoms with E-state index >= 15 is 0 Å². The van der Waals surface area contributed by atoms with E-state index in [1.54, 1.807) is 0 Å². The smallest absolute Gasteiger partial charge is 0.170 e. The molecule has 0 amide bonds. The predicted octanol–water partition coefficient (Wildman–Crippen LogP) is 1.81. The maximum absolute atomic E-state index is 13.3. The van der Waals surface area contributed by atoms with Gasteiger partial charge in [-0.05, 0) is 38.4 Å². The van der Waals surface area contributed by atoms with Crippen LogP contribution < -0.4 is 10.6 Å². The molecule has 0 bridgehead atoms. The summed E-state index contributed by atoms with van der Waals surface area (Å²) in [5.41, 5.74) is -0.227. The van der Waals surface area contributed by atoms with E-state index in [2.05, 4.69) is 10.6 Å². The molecule has 1 aromatic carbocycles. The molecule has 0 heterocycles. The van der Waals surface area contributed by atoms with Crippen LogP contribution in [0.3, 0.4) is 0 Å². The van der Waals surface area contributed by atoms with Gasteiger partial charge in [-0.15, -0.1) is 0 Å². The first-order chi connectivity index (χ1) is 8.00. The molecule has 0 aliphatic rings. The van der Waals surface area contributed by atoms with Crippen molar-refractivity contribution in [1.29, 1.82) is 0 Å². The molecule has 3 nitrogen and oxygen atoms in total. The molecule has 0 aliphatic heterocycles. The fourth-order valence-corrected chi connectivity index (χ4v) is 1.37. The quantitative estimate of drug-likeness (QED) is 0.807. The molecule has 0 unspecified atom stereocenters. The standard InChI is InChI=1S/C11H15F2N3S/c1-16(2)7-6-14-11(17)15-10-8(12)4-3-5-9(10)13/h3-5H,6-7H2,1-2H3,(H2,14,15,17). The minimum atomic E-state index is -0.665. The highest BCUT2D eigenvalue weighted by atomic mass is 32.1. The monoisotopic (exact) mass is 259 g/mol. The molecule has 0 fully saturated rings. The largest absolute Gasteiger partial charge is 0.361 e. The first kappa shape index (κ1) is 13.8. The van der Waals surface area contributed by atoms with E-state index in [1.165, 1.54) is 18.2 Å². The Morgan fingerprint density at radius 1 is 1.29 bits per heavy atom. The molecule has 1 aromatic rings. The van der Waals surface area contributed by atoms with Crippen LogP contribution in [0.4, 0.5) is 14.5 Å². The van der Waals surface area contributed by atoms with Crippen LogP contribution in [0.1, 0.15) is 0 Å². The highest BCUT2D eigenvalue weighted by molar-refractivity contribution is 7.80. The van der Waals surface area contributed by atoms with E-state index in [9.17, 15) is 8.78 Å². The lowest BCUT2D eigenvalue weighted by molar-refractivity contribution is 0.413. The summed E-state index contributed by atoms with van der Waals surface area (Å²) < 4.78 is 26.5. The number of halogens is 2. The number of hydrogen-bond acceptors (Lipinski definition) is 2. The first-order valence-corrected chi connectivity index (χ1v) is 5.55. The molecule has 0 aromatic heterocycles. The van der Waals surface area contributed by atoms with E-state index in [0.29, 0.717) is 6.54 Å². The van der Waals surface area contributed by atoms with Gasteiger partial charge >= 0.3 is 0 Å². The fourth-order valence-electron chi connectivity index (χ4n) is 1.17. The normalized spacial score (nSPS) is 10.4. The van der Waals surface area contributed by atoms with Crippen molar-refractivity contribution in [3.63, 3.8) is 0 Å². The minimum absolute atomic E-state index is 0.204. The molecule has 0 radical (unpaired) electrons. The van der Waals surface area contributed by atoms with Crippen molar-refractivity contribution in [2.24, 2.45) is 0 Å². The van der Waals surface area contributed by atoms with Gasteiger partial charge in [0.05, 0.1) is 0 Å². The Morgan fingerprint density at radius 2 is 1.88 bits per heavy atom. The maximum atomic E-state index is 13.3. The summed E-state index contributed by atoms with van der Waals surface area (Å²) in [5, 5.41) is 5.57. The summed E-state index contributed by atoms with van der Waals surface area (Å²) >= 11 is 4.93. The van der Waals surface area contributed by atoms with Crippen LogP contribution in [0.25, 0.3) is 0 Å². The number of hydrogen-bond donors (Lipinski definition) is 2. The van der Waals surface area contributed by atoms with Crippen LogP contribution in [0.2, 0.25) is 0 Å². The van der Waals surface area contributed by atoms with Gasteiger partial charge in [-0.2, -0.15) is 0 Å². The van der Waals surface area contributed by atoms with Gasteiger partial charge in [0.25, 0.3) is 0 Å². The maximum Gasteiger partial charge on any atom is 0.170 e. The van der Waals surface area contributed by atoms with E-state index in [4.69, 9.17) is 12.2 Å². The number of anilines is 1. The highest BCUT2D eigenvalue weighted by Gasteiger charge is 2.09. The van der Waals surface area contributed by atoms with Crippen molar-refractivity contribution in [2.75, 3.05) is 32.5 Å². The number of nitrogens with one attached hydrogen (secondary N) is 2. The molecular weight excluding hydrogens is 244 g/mol. The van der Waals surface area contributed by atoms with E-state index in [0.717, 1.165) is 6.54 Å². The van der Waals surface area contributed by atoms with Crippen LogP contribution in [0.15, 0.2) is 18.2 Å². The fraction of sp³-hybridized carbons (Fsp3) is 0.364. The van der Waals surface area contributed by atoms with Gasteiger partial charge in [0.2, 0.25) is 0 Å². The molecule has 1 rings (SSSR count). The molecule has 0 spiro atoms. The number of nitrogens with zero attached hydrogens (tertiary/aromatic N) is 1. The second-order valence-electron chi connectivity index (χ2n) is 3.78. The lowest BCUT2D eigenvalue weighted by atomic mass is 10.3. The average Bonchev–Trinajstić information content (AvgIpc) is 2.23. The molecule has 0 aliphatic carbocycles. The number of likely N-dealkylation sites (N-methyl/N-ethyl adjacent to an activating group) is 1. The third-order valence-electron chi connectivity index (χ3n) is 2.05. The Kier molecular flexibility index (Phi) is 5.24. The van der Waals surface area contributed by atoms with E-state index < -0.39 is 11.6 Å². The predicted molar refractivity (Wildman–Crippen MR) is 69.1 cm³/mol. The zero-order valence-electron chi connectivity index (χ0n) is 9.76. The SMILES string of the molecule is CN(C)CCNC(=S)Nc1c(F)cccc1F. The Bertz CT molecular complexity index is 376. The van der Waals surface area contributed by atoms with Crippen molar-refractivity contribution in [1.82, 2.24) is 10.2 Å². The first-order valence-electron chi connectivity index (χ1n) is 5.14. The molecule has 6 heteroatoms. The van der Waals surface area contributed by atoms with Crippen LogP contribution in [-0.2, 0) is 0 Å². The molecular formula is C11H15F2N3S. The molecule has 0 saturated carbocycles. The highest BCUT2D eigenvalue weighted by Crippen LogP contribution is 2.17. The number of rotatable bonds is 4. The Morgan fingerprint density at radius 3 is 2.41 bits per heavy atom. The van der Waals surface area contributed by atoms with Gasteiger partial charge in [0.15, 0.2) is 5.11 Å². The summed E-state index contributed by atoms with van der Waals surface area (Å²) in [6, 6.07) is 3.65. The summed E-state index contributed by atoms with van der Waals surface area (Å²) in [7, 11) is 3.85. The molecule has 17 heavy (non-hydrogen) atoms. The molecule has 94 valence electrons. The Balaban J connectivity index is 2.51. The third-order valence-corrected chi connectivity index (χ3v) is 2.29. The van der Waals surface area contributed by atoms with Gasteiger partial charge in [-0.25, -0.2) is 8.78 Å². The van der Waals surface area contributed by atoms with Gasteiger partial charge in [-0.3, -0.25) is 0 Å². The van der Waals surface area contributed by atoms with Crippen molar-refractivity contribution in [2.45, 2.75) is 0 Å². The van der Waals surface area contributed by atoms with Crippen LogP contribution in [0.5, 0.6) is 0 Å². The van der Waals surface area contributed by atoms with Crippen LogP contribution in [-0.4, -0.2) is 37.2 Å². The number of thiocarbonyl (C=S) groups is 1. The van der Waals surface area contributed by atoms with E-state index in [1.807, 2.05) is 19.0 Å². The molecule has 2 N–H and O–H groups in total. The van der Waals surface area contributed by atoms with Gasteiger partial charge < -0.3 is 15.5 Å². The molecule has 0 atom stereocenters. The number of para-hydroxylation sites is 1. The summed E-state index contributed by atoms with van der Waals surface area (Å²) in [6.07, 6.45) is 0. The second-order valence-corrected chi connectivity index (χ2v) is 4.19. The third kappa shape index (κ3) is 4.62. The number of benzene rings is 1. The zero-order chi connectivity index (χ0) is 12.8. The van der Waals surface area contributed by atoms with Gasteiger partial charge in [0, 0.05) is 13.1 Å². The van der Waals surface area contributed by atoms with Crippen molar-refractivity contribution in [3.8, 4) is 0 Å². The van der Waals surface area contributed by atoms with Gasteiger partial charge in [-0.1, -0.05) is 6.07 Å². The van der Waals surface area contributed by atoms with Gasteiger partial charge in [0.1, 0.15) is 17.3 Å². The topological polar surface area (TPSA) is 27.3 Å². The lowest BCUT2D eigenvalue weighted by Gasteiger charge is -2.14. The minimum Gasteiger partial charge on any atom is -0.361 e. The van der Waals surface area contributed by atoms with Crippen molar-refractivity contribution in [3.05, 3.63) is 29.8 Å². The summed E-state index contributed by atoms with van der Waals surface area (Å²) in [4.78, 5) is 1.97. The van der Waals surface area contributed by atoms with Crippen LogP contribution in [0, 0.1) is 11.6 Å². The van der Waals surface area contributed by atoms with Crippen molar-refractivity contribution < 1.29 is 8.78 Å². The summed E-state index contributed by atoms with van der Waals surface area (Å²) in [6.45, 7) is 1.39. The summed E-state index contributed by atoms with van der Waals surface area (Å²) in [5.74, 6) is -1.33. The average molecular weight is 259 g/mol. The Hall–Kier alpha value is -1.27.